The molecular weight excluding hydrogens is 282 g/mol. The minimum absolute atomic E-state index is 0.749. The van der Waals surface area contributed by atoms with Crippen molar-refractivity contribution >= 4 is 17.3 Å². The van der Waals surface area contributed by atoms with E-state index in [4.69, 9.17) is 9.73 Å². The summed E-state index contributed by atoms with van der Waals surface area (Å²) in [5.41, 5.74) is 1.33. The number of rotatable bonds is 8. The van der Waals surface area contributed by atoms with Gasteiger partial charge in [-0.25, -0.2) is 4.99 Å². The van der Waals surface area contributed by atoms with Crippen LogP contribution in [0.25, 0.3) is 0 Å². The summed E-state index contributed by atoms with van der Waals surface area (Å²) in [5.74, 6) is 1.79. The molecule has 1 saturated carbocycles. The predicted octanol–water partition coefficient (Wildman–Crippen LogP) is 2.88. The SMILES string of the molecule is CCNC(=NCc1sccc1C)N(C)CCOCC1CC1. The fourth-order valence-corrected chi connectivity index (χ4v) is 2.85. The van der Waals surface area contributed by atoms with E-state index < -0.39 is 0 Å². The molecule has 21 heavy (non-hydrogen) atoms. The summed E-state index contributed by atoms with van der Waals surface area (Å²) in [7, 11) is 2.07. The monoisotopic (exact) mass is 309 g/mol. The summed E-state index contributed by atoms with van der Waals surface area (Å²) in [6.07, 6.45) is 2.69. The van der Waals surface area contributed by atoms with Crippen molar-refractivity contribution in [2.45, 2.75) is 33.2 Å². The van der Waals surface area contributed by atoms with Crippen molar-refractivity contribution in [2.24, 2.45) is 10.9 Å². The van der Waals surface area contributed by atoms with Crippen molar-refractivity contribution < 1.29 is 4.74 Å². The van der Waals surface area contributed by atoms with Gasteiger partial charge >= 0.3 is 0 Å². The number of aryl methyl sites for hydroxylation is 1. The molecule has 1 aromatic heterocycles. The summed E-state index contributed by atoms with van der Waals surface area (Å²) >= 11 is 1.77. The molecule has 1 aliphatic carbocycles. The van der Waals surface area contributed by atoms with Crippen molar-refractivity contribution in [1.29, 1.82) is 0 Å². The van der Waals surface area contributed by atoms with Crippen molar-refractivity contribution in [2.75, 3.05) is 33.4 Å². The van der Waals surface area contributed by atoms with Crippen LogP contribution in [-0.4, -0.2) is 44.2 Å². The molecule has 0 atom stereocenters. The van der Waals surface area contributed by atoms with Crippen molar-refractivity contribution in [1.82, 2.24) is 10.2 Å². The molecule has 0 radical (unpaired) electrons. The lowest BCUT2D eigenvalue weighted by Gasteiger charge is -2.22. The number of likely N-dealkylation sites (N-methyl/N-ethyl adjacent to an activating group) is 1. The quantitative estimate of drug-likeness (QED) is 0.456. The highest BCUT2D eigenvalue weighted by Gasteiger charge is 2.21. The normalized spacial score (nSPS) is 15.3. The van der Waals surface area contributed by atoms with Crippen LogP contribution in [-0.2, 0) is 11.3 Å². The van der Waals surface area contributed by atoms with E-state index in [1.54, 1.807) is 11.3 Å². The van der Waals surface area contributed by atoms with Gasteiger partial charge in [0.05, 0.1) is 13.2 Å². The molecule has 1 heterocycles. The van der Waals surface area contributed by atoms with E-state index in [-0.39, 0.29) is 0 Å². The average Bonchev–Trinajstić information content (AvgIpc) is 3.21. The van der Waals surface area contributed by atoms with Gasteiger partial charge in [-0.3, -0.25) is 0 Å². The molecule has 1 aromatic rings. The van der Waals surface area contributed by atoms with Crippen LogP contribution in [0.5, 0.6) is 0 Å². The zero-order valence-corrected chi connectivity index (χ0v) is 14.2. The predicted molar refractivity (Wildman–Crippen MR) is 90.0 cm³/mol. The molecule has 118 valence electrons. The number of nitrogens with zero attached hydrogens (tertiary/aromatic N) is 2. The molecule has 1 aliphatic rings. The molecule has 0 aliphatic heterocycles. The van der Waals surface area contributed by atoms with Crippen LogP contribution in [0.4, 0.5) is 0 Å². The third kappa shape index (κ3) is 5.67. The van der Waals surface area contributed by atoms with Crippen LogP contribution in [0.3, 0.4) is 0 Å². The highest BCUT2D eigenvalue weighted by molar-refractivity contribution is 7.10. The molecule has 1 fully saturated rings. The standard InChI is InChI=1S/C16H27N3OS/c1-4-17-16(18-11-15-13(2)7-10-21-15)19(3)8-9-20-12-14-5-6-14/h7,10,14H,4-6,8-9,11-12H2,1-3H3,(H,17,18). The lowest BCUT2D eigenvalue weighted by atomic mass is 10.3. The van der Waals surface area contributed by atoms with Gasteiger partial charge in [-0.05, 0) is 49.6 Å². The maximum Gasteiger partial charge on any atom is 0.194 e. The maximum absolute atomic E-state index is 5.70. The molecule has 2 rings (SSSR count). The third-order valence-corrected chi connectivity index (χ3v) is 4.67. The second-order valence-electron chi connectivity index (χ2n) is 5.64. The second-order valence-corrected chi connectivity index (χ2v) is 6.64. The van der Waals surface area contributed by atoms with Crippen molar-refractivity contribution in [3.05, 3.63) is 21.9 Å². The maximum atomic E-state index is 5.70. The number of ether oxygens (including phenoxy) is 1. The molecule has 0 amide bonds. The van der Waals surface area contributed by atoms with E-state index in [1.165, 1.54) is 23.3 Å². The van der Waals surface area contributed by atoms with Gasteiger partial charge in [0.25, 0.3) is 0 Å². The van der Waals surface area contributed by atoms with Crippen LogP contribution in [0, 0.1) is 12.8 Å². The van der Waals surface area contributed by atoms with Crippen LogP contribution in [0.15, 0.2) is 16.4 Å². The van der Waals surface area contributed by atoms with E-state index in [0.29, 0.717) is 0 Å². The first kappa shape index (κ1) is 16.3. The Morgan fingerprint density at radius 3 is 2.95 bits per heavy atom. The summed E-state index contributed by atoms with van der Waals surface area (Å²) in [4.78, 5) is 8.22. The van der Waals surface area contributed by atoms with E-state index in [1.807, 2.05) is 0 Å². The Bertz CT molecular complexity index is 454. The Morgan fingerprint density at radius 2 is 2.33 bits per heavy atom. The number of guanidine groups is 1. The smallest absolute Gasteiger partial charge is 0.194 e. The molecule has 0 saturated heterocycles. The second kappa shape index (κ2) is 8.39. The molecule has 0 bridgehead atoms. The molecule has 5 heteroatoms. The Labute approximate surface area is 132 Å². The van der Waals surface area contributed by atoms with Gasteiger partial charge in [0.1, 0.15) is 0 Å². The zero-order valence-electron chi connectivity index (χ0n) is 13.4. The fourth-order valence-electron chi connectivity index (χ4n) is 2.02. The lowest BCUT2D eigenvalue weighted by Crippen LogP contribution is -2.40. The number of aliphatic imine (C=N–C) groups is 1. The molecule has 4 nitrogen and oxygen atoms in total. The Hall–Kier alpha value is -1.07. The Morgan fingerprint density at radius 1 is 1.52 bits per heavy atom. The van der Waals surface area contributed by atoms with Gasteiger partial charge in [0.15, 0.2) is 5.96 Å². The first-order valence-electron chi connectivity index (χ1n) is 7.81. The van der Waals surface area contributed by atoms with Gasteiger partial charge in [-0.2, -0.15) is 0 Å². The van der Waals surface area contributed by atoms with E-state index >= 15 is 0 Å². The summed E-state index contributed by atoms with van der Waals surface area (Å²) in [5, 5.41) is 5.48. The van der Waals surface area contributed by atoms with Gasteiger partial charge in [-0.1, -0.05) is 0 Å². The molecule has 0 spiro atoms. The van der Waals surface area contributed by atoms with Gasteiger partial charge < -0.3 is 15.0 Å². The Kier molecular flexibility index (Phi) is 6.51. The summed E-state index contributed by atoms with van der Waals surface area (Å²) in [6.45, 7) is 8.45. The van der Waals surface area contributed by atoms with E-state index in [9.17, 15) is 0 Å². The van der Waals surface area contributed by atoms with Gasteiger partial charge in [0.2, 0.25) is 0 Å². The topological polar surface area (TPSA) is 36.9 Å². The van der Waals surface area contributed by atoms with E-state index in [2.05, 4.69) is 42.6 Å². The van der Waals surface area contributed by atoms with E-state index in [0.717, 1.165) is 44.7 Å². The zero-order chi connectivity index (χ0) is 15.1. The number of hydrogen-bond acceptors (Lipinski definition) is 3. The Balaban J connectivity index is 1.79. The van der Waals surface area contributed by atoms with Crippen LogP contribution in [0.2, 0.25) is 0 Å². The van der Waals surface area contributed by atoms with Gasteiger partial charge in [0, 0.05) is 31.6 Å². The number of hydrogen-bond donors (Lipinski definition) is 1. The molecule has 1 N–H and O–H groups in total. The molecular formula is C16H27N3OS. The number of thiophene rings is 1. The van der Waals surface area contributed by atoms with Crippen LogP contribution < -0.4 is 5.32 Å². The highest BCUT2D eigenvalue weighted by Crippen LogP contribution is 2.28. The molecule has 0 unspecified atom stereocenters. The summed E-state index contributed by atoms with van der Waals surface area (Å²) in [6, 6.07) is 2.15. The minimum atomic E-state index is 0.749. The minimum Gasteiger partial charge on any atom is -0.379 e. The lowest BCUT2D eigenvalue weighted by molar-refractivity contribution is 0.115. The largest absolute Gasteiger partial charge is 0.379 e. The van der Waals surface area contributed by atoms with Crippen LogP contribution in [0.1, 0.15) is 30.2 Å². The first-order chi connectivity index (χ1) is 10.2. The first-order valence-corrected chi connectivity index (χ1v) is 8.68. The number of nitrogens with one attached hydrogen (secondary N) is 1. The van der Waals surface area contributed by atoms with Gasteiger partial charge in [-0.15, -0.1) is 11.3 Å². The average molecular weight is 309 g/mol. The van der Waals surface area contributed by atoms with Crippen molar-refractivity contribution in [3.8, 4) is 0 Å². The third-order valence-electron chi connectivity index (χ3n) is 3.66. The highest BCUT2D eigenvalue weighted by atomic mass is 32.1. The fraction of sp³-hybridized carbons (Fsp3) is 0.688. The van der Waals surface area contributed by atoms with Crippen molar-refractivity contribution in [3.63, 3.8) is 0 Å². The molecule has 0 aromatic carbocycles. The summed E-state index contributed by atoms with van der Waals surface area (Å²) < 4.78 is 5.70. The van der Waals surface area contributed by atoms with Crippen LogP contribution >= 0.6 is 11.3 Å².